The molecule has 0 radical (unpaired) electrons. The number of benzene rings is 2. The van der Waals surface area contributed by atoms with E-state index in [4.69, 9.17) is 32.7 Å². The second-order valence-electron chi connectivity index (χ2n) is 7.13. The Bertz CT molecular complexity index is 1010. The van der Waals surface area contributed by atoms with Crippen LogP contribution in [0.5, 0.6) is 11.5 Å². The molecule has 0 bridgehead atoms. The molecule has 2 aromatic carbocycles. The Morgan fingerprint density at radius 3 is 2.56 bits per heavy atom. The van der Waals surface area contributed by atoms with Crippen LogP contribution in [0.25, 0.3) is 6.08 Å². The molecule has 2 aromatic rings. The van der Waals surface area contributed by atoms with Crippen molar-refractivity contribution >= 4 is 57.8 Å². The van der Waals surface area contributed by atoms with Crippen molar-refractivity contribution in [2.24, 2.45) is 4.99 Å². The molecule has 32 heavy (non-hydrogen) atoms. The van der Waals surface area contributed by atoms with Gasteiger partial charge in [0, 0.05) is 5.02 Å². The first kappa shape index (κ1) is 24.5. The van der Waals surface area contributed by atoms with Crippen molar-refractivity contribution in [2.75, 3.05) is 13.2 Å². The minimum absolute atomic E-state index is 0.215. The molecule has 0 aromatic heterocycles. The number of hydrogen-bond donors (Lipinski definition) is 1. The average molecular weight is 493 g/mol. The Morgan fingerprint density at radius 2 is 1.84 bits per heavy atom. The number of thioether (sulfide) groups is 1. The van der Waals surface area contributed by atoms with Crippen molar-refractivity contribution in [1.82, 2.24) is 5.32 Å². The summed E-state index contributed by atoms with van der Waals surface area (Å²) in [6.45, 7) is 5.15. The molecule has 0 unspecified atom stereocenters. The summed E-state index contributed by atoms with van der Waals surface area (Å²) in [5, 5.41) is 4.38. The van der Waals surface area contributed by atoms with Crippen LogP contribution in [0.3, 0.4) is 0 Å². The second-order valence-corrected chi connectivity index (χ2v) is 9.00. The van der Waals surface area contributed by atoms with E-state index >= 15 is 0 Å². The largest absolute Gasteiger partial charge is 0.490 e. The lowest BCUT2D eigenvalue weighted by molar-refractivity contribution is -0.115. The zero-order chi connectivity index (χ0) is 22.9. The Balaban J connectivity index is 1.76. The molecule has 1 aliphatic rings. The molecule has 5 nitrogen and oxygen atoms in total. The Labute approximate surface area is 203 Å². The normalized spacial score (nSPS) is 15.9. The van der Waals surface area contributed by atoms with Crippen LogP contribution >= 0.6 is 35.0 Å². The minimum Gasteiger partial charge on any atom is -0.490 e. The Morgan fingerprint density at radius 1 is 1.06 bits per heavy atom. The van der Waals surface area contributed by atoms with Gasteiger partial charge in [0.1, 0.15) is 0 Å². The van der Waals surface area contributed by atoms with E-state index in [0.29, 0.717) is 50.5 Å². The van der Waals surface area contributed by atoms with Gasteiger partial charge in [-0.3, -0.25) is 4.79 Å². The summed E-state index contributed by atoms with van der Waals surface area (Å²) in [7, 11) is 0. The van der Waals surface area contributed by atoms with E-state index in [9.17, 15) is 4.79 Å². The molecular weight excluding hydrogens is 467 g/mol. The van der Waals surface area contributed by atoms with Crippen molar-refractivity contribution in [3.8, 4) is 11.5 Å². The minimum atomic E-state index is -0.215. The van der Waals surface area contributed by atoms with Gasteiger partial charge in [-0.25, -0.2) is 4.99 Å². The zero-order valence-corrected chi connectivity index (χ0v) is 20.4. The maximum absolute atomic E-state index is 12.4. The summed E-state index contributed by atoms with van der Waals surface area (Å²) >= 11 is 13.7. The van der Waals surface area contributed by atoms with Gasteiger partial charge in [0.25, 0.3) is 5.91 Å². The third-order valence-corrected chi connectivity index (χ3v) is 6.02. The van der Waals surface area contributed by atoms with E-state index in [1.54, 1.807) is 36.4 Å². The monoisotopic (exact) mass is 492 g/mol. The number of unbranched alkanes of at least 4 members (excludes halogenated alkanes) is 3. The topological polar surface area (TPSA) is 59.9 Å². The van der Waals surface area contributed by atoms with Crippen LogP contribution in [-0.4, -0.2) is 24.3 Å². The first-order valence-corrected chi connectivity index (χ1v) is 12.2. The molecule has 0 spiro atoms. The number of ether oxygens (including phenoxy) is 2. The van der Waals surface area contributed by atoms with Gasteiger partial charge in [0.2, 0.25) is 0 Å². The summed E-state index contributed by atoms with van der Waals surface area (Å²) in [6.07, 6.45) is 6.21. The summed E-state index contributed by atoms with van der Waals surface area (Å²) in [5.41, 5.74) is 1.46. The third kappa shape index (κ3) is 6.92. The number of carbonyl (C=O) groups is 1. The number of nitrogens with one attached hydrogen (secondary N) is 1. The van der Waals surface area contributed by atoms with Crippen molar-refractivity contribution < 1.29 is 14.3 Å². The van der Waals surface area contributed by atoms with Crippen LogP contribution in [0, 0.1) is 0 Å². The lowest BCUT2D eigenvalue weighted by Crippen LogP contribution is -2.19. The number of hydrogen-bond acceptors (Lipinski definition) is 5. The first-order chi connectivity index (χ1) is 15.5. The smallest absolute Gasteiger partial charge is 0.264 e. The fraction of sp³-hybridized carbons (Fsp3) is 0.333. The van der Waals surface area contributed by atoms with Crippen LogP contribution in [0.4, 0.5) is 5.69 Å². The van der Waals surface area contributed by atoms with E-state index in [0.717, 1.165) is 18.4 Å². The van der Waals surface area contributed by atoms with Gasteiger partial charge in [-0.1, -0.05) is 49.4 Å². The highest BCUT2D eigenvalue weighted by Crippen LogP contribution is 2.38. The number of aliphatic imine (C=N–C) groups is 1. The first-order valence-electron chi connectivity index (χ1n) is 10.6. The summed E-state index contributed by atoms with van der Waals surface area (Å²) < 4.78 is 11.7. The molecular formula is C24H26Cl2N2O3S. The van der Waals surface area contributed by atoms with Gasteiger partial charge in [-0.2, -0.15) is 0 Å². The fourth-order valence-electron chi connectivity index (χ4n) is 3.04. The molecule has 8 heteroatoms. The molecule has 1 aliphatic heterocycles. The number of carbonyl (C=O) groups excluding carboxylic acids is 1. The van der Waals surface area contributed by atoms with Gasteiger partial charge in [0.05, 0.1) is 28.8 Å². The summed E-state index contributed by atoms with van der Waals surface area (Å²) in [6, 6.07) is 10.7. The maximum atomic E-state index is 12.4. The second kappa shape index (κ2) is 12.2. The molecule has 3 rings (SSSR count). The van der Waals surface area contributed by atoms with Gasteiger partial charge < -0.3 is 14.8 Å². The molecule has 0 saturated carbocycles. The van der Waals surface area contributed by atoms with E-state index in [2.05, 4.69) is 17.2 Å². The van der Waals surface area contributed by atoms with Gasteiger partial charge in [-0.15, -0.1) is 0 Å². The molecule has 0 atom stereocenters. The summed E-state index contributed by atoms with van der Waals surface area (Å²) in [5.74, 6) is 0.898. The lowest BCUT2D eigenvalue weighted by atomic mass is 10.1. The van der Waals surface area contributed by atoms with E-state index in [1.165, 1.54) is 24.6 Å². The standard InChI is InChI=1S/C24H26Cl2N2O3S/c1-3-5-6-7-12-31-22-19(26)13-16(14-20(22)30-4-2)15-21-23(29)28-24(32-21)27-18-10-8-17(25)9-11-18/h8-11,13-15H,3-7,12H2,1-2H3,(H,27,28,29)/b21-15+. The zero-order valence-electron chi connectivity index (χ0n) is 18.1. The van der Waals surface area contributed by atoms with E-state index in [-0.39, 0.29) is 5.91 Å². The van der Waals surface area contributed by atoms with Crippen molar-refractivity contribution in [3.05, 3.63) is 56.9 Å². The van der Waals surface area contributed by atoms with Crippen LogP contribution in [0.2, 0.25) is 10.0 Å². The van der Waals surface area contributed by atoms with Gasteiger partial charge >= 0.3 is 0 Å². The maximum Gasteiger partial charge on any atom is 0.264 e. The third-order valence-electron chi connectivity index (χ3n) is 4.58. The lowest BCUT2D eigenvalue weighted by Gasteiger charge is -2.14. The Hall–Kier alpha value is -2.15. The number of amidine groups is 1. The molecule has 170 valence electrons. The van der Waals surface area contributed by atoms with Crippen LogP contribution in [0.1, 0.15) is 45.1 Å². The molecule has 1 saturated heterocycles. The summed E-state index contributed by atoms with van der Waals surface area (Å²) in [4.78, 5) is 17.4. The van der Waals surface area contributed by atoms with Crippen molar-refractivity contribution in [2.45, 2.75) is 39.5 Å². The SMILES string of the molecule is CCCCCCOc1c(Cl)cc(/C=C2/SC(=Nc3ccc(Cl)cc3)NC2=O)cc1OCC. The Kier molecular flexibility index (Phi) is 9.33. The van der Waals surface area contributed by atoms with Gasteiger partial charge in [-0.05, 0) is 73.1 Å². The molecule has 1 N–H and O–H groups in total. The predicted molar refractivity (Wildman–Crippen MR) is 135 cm³/mol. The van der Waals surface area contributed by atoms with Crippen molar-refractivity contribution in [3.63, 3.8) is 0 Å². The highest BCUT2D eigenvalue weighted by Gasteiger charge is 2.24. The molecule has 1 fully saturated rings. The van der Waals surface area contributed by atoms with E-state index < -0.39 is 0 Å². The fourth-order valence-corrected chi connectivity index (χ4v) is 4.28. The molecule has 1 amide bonds. The van der Waals surface area contributed by atoms with Crippen LogP contribution in [-0.2, 0) is 4.79 Å². The highest BCUT2D eigenvalue weighted by atomic mass is 35.5. The highest BCUT2D eigenvalue weighted by molar-refractivity contribution is 8.18. The van der Waals surface area contributed by atoms with Crippen LogP contribution < -0.4 is 14.8 Å². The van der Waals surface area contributed by atoms with Crippen LogP contribution in [0.15, 0.2) is 46.3 Å². The average Bonchev–Trinajstić information content (AvgIpc) is 3.10. The number of halogens is 2. The predicted octanol–water partition coefficient (Wildman–Crippen LogP) is 7.24. The number of nitrogens with zero attached hydrogens (tertiary/aromatic N) is 1. The molecule has 1 heterocycles. The quantitative estimate of drug-likeness (QED) is 0.280. The van der Waals surface area contributed by atoms with E-state index in [1.807, 2.05) is 13.0 Å². The number of amides is 1. The van der Waals surface area contributed by atoms with Gasteiger partial charge in [0.15, 0.2) is 16.7 Å². The number of rotatable bonds is 10. The van der Waals surface area contributed by atoms with Crippen molar-refractivity contribution in [1.29, 1.82) is 0 Å². The molecule has 0 aliphatic carbocycles.